The average molecular weight is 346 g/mol. The molecule has 1 aliphatic rings. The Balaban J connectivity index is 1.60. The summed E-state index contributed by atoms with van der Waals surface area (Å²) in [6.45, 7) is 4.09. The third-order valence-corrected chi connectivity index (χ3v) is 3.87. The van der Waals surface area contributed by atoms with E-state index in [9.17, 15) is 4.79 Å². The van der Waals surface area contributed by atoms with E-state index in [0.717, 1.165) is 12.8 Å². The van der Waals surface area contributed by atoms with E-state index in [4.69, 9.17) is 9.47 Å². The van der Waals surface area contributed by atoms with Gasteiger partial charge in [0.1, 0.15) is 18.2 Å². The number of nitrogens with zero attached hydrogens (tertiary/aromatic N) is 4. The number of urea groups is 1. The fourth-order valence-corrected chi connectivity index (χ4v) is 2.50. The highest BCUT2D eigenvalue weighted by Crippen LogP contribution is 2.22. The van der Waals surface area contributed by atoms with Crippen molar-refractivity contribution < 1.29 is 14.3 Å². The molecule has 2 N–H and O–H groups in total. The van der Waals surface area contributed by atoms with Gasteiger partial charge in [-0.25, -0.2) is 14.8 Å². The van der Waals surface area contributed by atoms with Crippen LogP contribution in [0.15, 0.2) is 24.7 Å². The molecule has 2 aromatic rings. The first-order valence-electron chi connectivity index (χ1n) is 8.37. The number of ether oxygens (including phenoxy) is 2. The maximum Gasteiger partial charge on any atom is 0.322 e. The van der Waals surface area contributed by atoms with E-state index in [1.807, 2.05) is 0 Å². The Hall–Kier alpha value is -2.68. The summed E-state index contributed by atoms with van der Waals surface area (Å²) in [4.78, 5) is 22.6. The smallest absolute Gasteiger partial charge is 0.322 e. The molecule has 0 aliphatic carbocycles. The number of rotatable bonds is 6. The molecular weight excluding hydrogens is 324 g/mol. The molecule has 2 aromatic heterocycles. The number of H-pyrrole nitrogens is 1. The molecule has 0 spiro atoms. The number of nitrogens with one attached hydrogen (secondary N) is 2. The molecule has 0 aromatic carbocycles. The molecule has 25 heavy (non-hydrogen) atoms. The number of anilines is 1. The molecule has 0 saturated carbocycles. The van der Waals surface area contributed by atoms with E-state index >= 15 is 0 Å². The third-order valence-electron chi connectivity index (χ3n) is 3.87. The van der Waals surface area contributed by atoms with Gasteiger partial charge in [-0.3, -0.25) is 5.10 Å². The van der Waals surface area contributed by atoms with Gasteiger partial charge in [0, 0.05) is 12.6 Å². The van der Waals surface area contributed by atoms with E-state index < -0.39 is 0 Å². The minimum atomic E-state index is -0.291. The molecule has 3 heterocycles. The topological polar surface area (TPSA) is 105 Å². The summed E-state index contributed by atoms with van der Waals surface area (Å²) in [6.07, 6.45) is 5.06. The molecule has 0 bridgehead atoms. The maximum atomic E-state index is 12.6. The molecule has 1 aliphatic heterocycles. The van der Waals surface area contributed by atoms with Crippen LogP contribution in [0.2, 0.25) is 0 Å². The van der Waals surface area contributed by atoms with Crippen LogP contribution in [0.4, 0.5) is 10.5 Å². The zero-order valence-corrected chi connectivity index (χ0v) is 14.1. The summed E-state index contributed by atoms with van der Waals surface area (Å²) in [6, 6.07) is 3.00. The number of amides is 2. The number of aromatic amines is 1. The minimum absolute atomic E-state index is 0.230. The van der Waals surface area contributed by atoms with E-state index in [2.05, 4.69) is 32.4 Å². The Labute approximate surface area is 145 Å². The average Bonchev–Trinajstić information content (AvgIpc) is 3.18. The first-order valence-corrected chi connectivity index (χ1v) is 8.37. The van der Waals surface area contributed by atoms with Crippen molar-refractivity contribution in [2.45, 2.75) is 25.8 Å². The highest BCUT2D eigenvalue weighted by Gasteiger charge is 2.30. The van der Waals surface area contributed by atoms with Crippen molar-refractivity contribution in [3.05, 3.63) is 30.5 Å². The normalized spacial score (nSPS) is 17.3. The molecule has 1 saturated heterocycles. The van der Waals surface area contributed by atoms with Crippen LogP contribution in [-0.4, -0.2) is 57.5 Å². The van der Waals surface area contributed by atoms with Gasteiger partial charge in [-0.15, -0.1) is 0 Å². The summed E-state index contributed by atoms with van der Waals surface area (Å²) in [5.74, 6) is 1.16. The Morgan fingerprint density at radius 1 is 1.48 bits per heavy atom. The van der Waals surface area contributed by atoms with Crippen molar-refractivity contribution in [3.8, 4) is 5.88 Å². The zero-order valence-electron chi connectivity index (χ0n) is 14.1. The fraction of sp³-hybridized carbons (Fsp3) is 0.500. The van der Waals surface area contributed by atoms with Crippen molar-refractivity contribution >= 4 is 11.7 Å². The van der Waals surface area contributed by atoms with Gasteiger partial charge in [0.2, 0.25) is 5.88 Å². The lowest BCUT2D eigenvalue weighted by Gasteiger charge is -2.34. The number of morpholine rings is 1. The highest BCUT2D eigenvalue weighted by atomic mass is 16.5. The van der Waals surface area contributed by atoms with Gasteiger partial charge >= 0.3 is 6.03 Å². The Morgan fingerprint density at radius 2 is 2.40 bits per heavy atom. The molecule has 9 nitrogen and oxygen atoms in total. The summed E-state index contributed by atoms with van der Waals surface area (Å²) in [5, 5.41) is 9.49. The fourth-order valence-electron chi connectivity index (χ4n) is 2.50. The van der Waals surface area contributed by atoms with Crippen LogP contribution >= 0.6 is 0 Å². The van der Waals surface area contributed by atoms with Gasteiger partial charge < -0.3 is 19.7 Å². The lowest BCUT2D eigenvalue weighted by molar-refractivity contribution is 0.0118. The highest BCUT2D eigenvalue weighted by molar-refractivity contribution is 5.89. The van der Waals surface area contributed by atoms with Gasteiger partial charge in [0.05, 0.1) is 31.7 Å². The van der Waals surface area contributed by atoms with E-state index in [0.29, 0.717) is 43.8 Å². The second kappa shape index (κ2) is 8.43. The summed E-state index contributed by atoms with van der Waals surface area (Å²) >= 11 is 0. The van der Waals surface area contributed by atoms with Crippen molar-refractivity contribution in [3.63, 3.8) is 0 Å². The van der Waals surface area contributed by atoms with E-state index in [-0.39, 0.29) is 12.1 Å². The summed E-state index contributed by atoms with van der Waals surface area (Å²) in [5.41, 5.74) is 0.607. The largest absolute Gasteiger partial charge is 0.478 e. The zero-order chi connectivity index (χ0) is 17.5. The first-order chi connectivity index (χ1) is 12.3. The van der Waals surface area contributed by atoms with E-state index in [1.54, 1.807) is 23.2 Å². The summed E-state index contributed by atoms with van der Waals surface area (Å²) in [7, 11) is 0. The predicted octanol–water partition coefficient (Wildman–Crippen LogP) is 1.98. The molecule has 0 unspecified atom stereocenters. The van der Waals surface area contributed by atoms with Crippen LogP contribution in [0.5, 0.6) is 5.88 Å². The molecular formula is C16H22N6O3. The third kappa shape index (κ3) is 4.44. The van der Waals surface area contributed by atoms with Gasteiger partial charge in [-0.2, -0.15) is 5.10 Å². The van der Waals surface area contributed by atoms with Crippen LogP contribution in [-0.2, 0) is 4.74 Å². The van der Waals surface area contributed by atoms with Crippen LogP contribution < -0.4 is 10.1 Å². The van der Waals surface area contributed by atoms with Gasteiger partial charge in [-0.1, -0.05) is 13.3 Å². The second-order valence-electron chi connectivity index (χ2n) is 5.67. The van der Waals surface area contributed by atoms with Crippen LogP contribution in [0.3, 0.4) is 0 Å². The number of carbonyl (C=O) groups is 1. The predicted molar refractivity (Wildman–Crippen MR) is 90.3 cm³/mol. The maximum absolute atomic E-state index is 12.6. The van der Waals surface area contributed by atoms with Crippen LogP contribution in [0.25, 0.3) is 0 Å². The number of unbranched alkanes of at least 4 members (excludes halogenated alkanes) is 1. The molecule has 2 amide bonds. The Morgan fingerprint density at radius 3 is 3.12 bits per heavy atom. The lowest BCUT2D eigenvalue weighted by Crippen LogP contribution is -2.45. The van der Waals surface area contributed by atoms with E-state index in [1.165, 1.54) is 6.33 Å². The van der Waals surface area contributed by atoms with Gasteiger partial charge in [0.25, 0.3) is 0 Å². The van der Waals surface area contributed by atoms with Crippen molar-refractivity contribution in [1.82, 2.24) is 25.1 Å². The molecule has 9 heteroatoms. The monoisotopic (exact) mass is 346 g/mol. The molecule has 0 radical (unpaired) electrons. The second-order valence-corrected chi connectivity index (χ2v) is 5.67. The number of pyridine rings is 1. The molecule has 1 fully saturated rings. The number of hydrogen-bond donors (Lipinski definition) is 2. The van der Waals surface area contributed by atoms with Crippen molar-refractivity contribution in [1.29, 1.82) is 0 Å². The SMILES string of the molecule is CCCCOc1ccc(NC(=O)N2CCOC[C@@H]2c2ncn[nH]2)cn1. The Kier molecular flexibility index (Phi) is 5.78. The quantitative estimate of drug-likeness (QED) is 0.775. The molecule has 134 valence electrons. The summed E-state index contributed by atoms with van der Waals surface area (Å²) < 4.78 is 11.0. The van der Waals surface area contributed by atoms with Gasteiger partial charge in [0.15, 0.2) is 0 Å². The van der Waals surface area contributed by atoms with Crippen molar-refractivity contribution in [2.75, 3.05) is 31.7 Å². The van der Waals surface area contributed by atoms with Crippen LogP contribution in [0, 0.1) is 0 Å². The molecule has 1 atom stereocenters. The Bertz CT molecular complexity index is 661. The van der Waals surface area contributed by atoms with Crippen LogP contribution in [0.1, 0.15) is 31.6 Å². The number of carbonyl (C=O) groups excluding carboxylic acids is 1. The van der Waals surface area contributed by atoms with Gasteiger partial charge in [-0.05, 0) is 12.5 Å². The minimum Gasteiger partial charge on any atom is -0.478 e. The number of aromatic nitrogens is 4. The van der Waals surface area contributed by atoms with Crippen molar-refractivity contribution in [2.24, 2.45) is 0 Å². The lowest BCUT2D eigenvalue weighted by atomic mass is 10.2. The molecule has 3 rings (SSSR count). The first kappa shape index (κ1) is 17.2. The number of hydrogen-bond acceptors (Lipinski definition) is 6. The standard InChI is InChI=1S/C16H22N6O3/c1-2-3-7-25-14-5-4-12(9-17-14)20-16(23)22-6-8-24-10-13(22)15-18-11-19-21-15/h4-5,9,11,13H,2-3,6-8,10H2,1H3,(H,20,23)(H,18,19,21)/t13-/m1/s1.